The molecule has 0 aromatic carbocycles. The number of carbonyl (C=O) groups is 1. The van der Waals surface area contributed by atoms with Crippen molar-refractivity contribution in [1.82, 2.24) is 4.90 Å². The molecule has 0 spiro atoms. The summed E-state index contributed by atoms with van der Waals surface area (Å²) in [5.74, 6) is 0.988. The van der Waals surface area contributed by atoms with Crippen LogP contribution in [0.15, 0.2) is 0 Å². The Balaban J connectivity index is 2.68. The third-order valence-electron chi connectivity index (χ3n) is 2.46. The lowest BCUT2D eigenvalue weighted by Crippen LogP contribution is -2.50. The van der Waals surface area contributed by atoms with Gasteiger partial charge >= 0.3 is 0 Å². The molecule has 12 heavy (non-hydrogen) atoms. The Morgan fingerprint density at radius 2 is 2.00 bits per heavy atom. The van der Waals surface area contributed by atoms with Crippen LogP contribution in [0.4, 0.5) is 0 Å². The fraction of sp³-hybridized carbons (Fsp3) is 0.900. The van der Waals surface area contributed by atoms with Gasteiger partial charge in [-0.3, -0.25) is 4.79 Å². The van der Waals surface area contributed by atoms with Crippen molar-refractivity contribution < 1.29 is 4.79 Å². The zero-order valence-corrected chi connectivity index (χ0v) is 8.55. The summed E-state index contributed by atoms with van der Waals surface area (Å²) in [5, 5.41) is 0. The van der Waals surface area contributed by atoms with E-state index in [1.807, 2.05) is 4.90 Å². The number of rotatable bonds is 0. The summed E-state index contributed by atoms with van der Waals surface area (Å²) in [4.78, 5) is 13.5. The molecule has 1 heterocycles. The predicted octanol–water partition coefficient (Wildman–Crippen LogP) is 2.04. The van der Waals surface area contributed by atoms with Crippen molar-refractivity contribution in [2.75, 3.05) is 6.54 Å². The predicted molar refractivity (Wildman–Crippen MR) is 49.9 cm³/mol. The first-order valence-electron chi connectivity index (χ1n) is 4.71. The molecule has 2 nitrogen and oxygen atoms in total. The minimum Gasteiger partial charge on any atom is -0.338 e. The van der Waals surface area contributed by atoms with Crippen molar-refractivity contribution in [3.05, 3.63) is 0 Å². The summed E-state index contributed by atoms with van der Waals surface area (Å²) in [7, 11) is 0. The molecule has 0 radical (unpaired) electrons. The Morgan fingerprint density at radius 1 is 1.42 bits per heavy atom. The van der Waals surface area contributed by atoms with E-state index in [-0.39, 0.29) is 5.54 Å². The highest BCUT2D eigenvalue weighted by Gasteiger charge is 2.30. The van der Waals surface area contributed by atoms with Crippen molar-refractivity contribution >= 4 is 5.91 Å². The maximum atomic E-state index is 11.5. The van der Waals surface area contributed by atoms with Crippen LogP contribution in [0.1, 0.15) is 40.5 Å². The molecule has 1 amide bonds. The lowest BCUT2D eigenvalue weighted by Gasteiger charge is -2.40. The second-order valence-electron chi connectivity index (χ2n) is 4.82. The van der Waals surface area contributed by atoms with Gasteiger partial charge in [-0.25, -0.2) is 0 Å². The van der Waals surface area contributed by atoms with Crippen molar-refractivity contribution in [2.24, 2.45) is 5.92 Å². The summed E-state index contributed by atoms with van der Waals surface area (Å²) in [6.07, 6.45) is 1.80. The van der Waals surface area contributed by atoms with Crippen LogP contribution in [0, 0.1) is 5.92 Å². The number of nitrogens with zero attached hydrogens (tertiary/aromatic N) is 1. The monoisotopic (exact) mass is 169 g/mol. The average molecular weight is 169 g/mol. The normalized spacial score (nSPS) is 26.2. The number of hydrogen-bond donors (Lipinski definition) is 0. The Labute approximate surface area is 74.9 Å². The molecule has 2 heteroatoms. The molecule has 0 saturated carbocycles. The van der Waals surface area contributed by atoms with E-state index in [2.05, 4.69) is 27.7 Å². The lowest BCUT2D eigenvalue weighted by molar-refractivity contribution is -0.140. The lowest BCUT2D eigenvalue weighted by atomic mass is 9.94. The smallest absolute Gasteiger partial charge is 0.223 e. The molecule has 0 N–H and O–H groups in total. The number of hydrogen-bond acceptors (Lipinski definition) is 1. The van der Waals surface area contributed by atoms with E-state index in [1.54, 1.807) is 0 Å². The van der Waals surface area contributed by atoms with Crippen LogP contribution in [-0.2, 0) is 4.79 Å². The van der Waals surface area contributed by atoms with E-state index in [1.165, 1.54) is 0 Å². The first kappa shape index (κ1) is 9.56. The maximum absolute atomic E-state index is 11.5. The van der Waals surface area contributed by atoms with Crippen molar-refractivity contribution in [1.29, 1.82) is 0 Å². The fourth-order valence-electron chi connectivity index (χ4n) is 1.66. The minimum atomic E-state index is 0.00572. The molecule has 1 aliphatic heterocycles. The minimum absolute atomic E-state index is 0.00572. The van der Waals surface area contributed by atoms with Crippen LogP contribution in [0.5, 0.6) is 0 Å². The summed E-state index contributed by atoms with van der Waals surface area (Å²) >= 11 is 0. The second-order valence-corrected chi connectivity index (χ2v) is 4.82. The van der Waals surface area contributed by atoms with Crippen LogP contribution < -0.4 is 0 Å². The highest BCUT2D eigenvalue weighted by atomic mass is 16.2. The van der Waals surface area contributed by atoms with Gasteiger partial charge in [-0.15, -0.1) is 0 Å². The van der Waals surface area contributed by atoms with Gasteiger partial charge in [-0.05, 0) is 33.1 Å². The molecule has 0 aromatic rings. The standard InChI is InChI=1S/C10H19NO/c1-8-5-6-9(12)11(7-8)10(2,3)4/h8H,5-7H2,1-4H3. The molecular formula is C10H19NO. The number of carbonyl (C=O) groups excluding carboxylic acids is 1. The van der Waals surface area contributed by atoms with E-state index in [0.29, 0.717) is 11.8 Å². The molecule has 1 unspecified atom stereocenters. The number of amides is 1. The van der Waals surface area contributed by atoms with E-state index in [9.17, 15) is 4.79 Å². The summed E-state index contributed by atoms with van der Waals surface area (Å²) in [6.45, 7) is 9.45. The van der Waals surface area contributed by atoms with Gasteiger partial charge in [0.1, 0.15) is 0 Å². The van der Waals surface area contributed by atoms with Gasteiger partial charge in [0.05, 0.1) is 0 Å². The third-order valence-corrected chi connectivity index (χ3v) is 2.46. The highest BCUT2D eigenvalue weighted by molar-refractivity contribution is 5.77. The average Bonchev–Trinajstić information content (AvgIpc) is 1.92. The molecule has 70 valence electrons. The largest absolute Gasteiger partial charge is 0.338 e. The van der Waals surface area contributed by atoms with Crippen LogP contribution in [0.3, 0.4) is 0 Å². The van der Waals surface area contributed by atoms with Gasteiger partial charge in [0.15, 0.2) is 0 Å². The van der Waals surface area contributed by atoms with E-state index in [4.69, 9.17) is 0 Å². The number of likely N-dealkylation sites (tertiary alicyclic amines) is 1. The van der Waals surface area contributed by atoms with Gasteiger partial charge in [0.25, 0.3) is 0 Å². The topological polar surface area (TPSA) is 20.3 Å². The van der Waals surface area contributed by atoms with Gasteiger partial charge in [-0.2, -0.15) is 0 Å². The SMILES string of the molecule is CC1CCC(=O)N(C(C)(C)C)C1. The highest BCUT2D eigenvalue weighted by Crippen LogP contribution is 2.23. The zero-order chi connectivity index (χ0) is 9.35. The van der Waals surface area contributed by atoms with Gasteiger partial charge in [0, 0.05) is 18.5 Å². The Hall–Kier alpha value is -0.530. The van der Waals surface area contributed by atoms with Gasteiger partial charge < -0.3 is 4.90 Å². The van der Waals surface area contributed by atoms with Gasteiger partial charge in [-0.1, -0.05) is 6.92 Å². The first-order valence-corrected chi connectivity index (χ1v) is 4.71. The third kappa shape index (κ3) is 1.99. The molecular weight excluding hydrogens is 150 g/mol. The Bertz CT molecular complexity index is 181. The van der Waals surface area contributed by atoms with E-state index < -0.39 is 0 Å². The van der Waals surface area contributed by atoms with E-state index >= 15 is 0 Å². The van der Waals surface area contributed by atoms with Crippen LogP contribution in [-0.4, -0.2) is 22.9 Å². The molecule has 0 bridgehead atoms. The first-order chi connectivity index (χ1) is 5.41. The van der Waals surface area contributed by atoms with Crippen LogP contribution >= 0.6 is 0 Å². The summed E-state index contributed by atoms with van der Waals surface area (Å²) < 4.78 is 0. The second kappa shape index (κ2) is 3.08. The molecule has 1 saturated heterocycles. The van der Waals surface area contributed by atoms with Gasteiger partial charge in [0.2, 0.25) is 5.91 Å². The molecule has 0 aliphatic carbocycles. The zero-order valence-electron chi connectivity index (χ0n) is 8.55. The maximum Gasteiger partial charge on any atom is 0.223 e. The molecule has 1 aliphatic rings. The van der Waals surface area contributed by atoms with Crippen LogP contribution in [0.25, 0.3) is 0 Å². The summed E-state index contributed by atoms with van der Waals surface area (Å²) in [5.41, 5.74) is 0.00572. The van der Waals surface area contributed by atoms with Crippen molar-refractivity contribution in [2.45, 2.75) is 46.1 Å². The number of piperidine rings is 1. The Morgan fingerprint density at radius 3 is 2.42 bits per heavy atom. The van der Waals surface area contributed by atoms with Crippen LogP contribution in [0.2, 0.25) is 0 Å². The quantitative estimate of drug-likeness (QED) is 0.543. The molecule has 1 atom stereocenters. The molecule has 1 rings (SSSR count). The van der Waals surface area contributed by atoms with E-state index in [0.717, 1.165) is 19.4 Å². The molecule has 1 fully saturated rings. The molecule has 0 aromatic heterocycles. The van der Waals surface area contributed by atoms with Crippen molar-refractivity contribution in [3.8, 4) is 0 Å². The van der Waals surface area contributed by atoms with Crippen molar-refractivity contribution in [3.63, 3.8) is 0 Å². The Kier molecular flexibility index (Phi) is 2.45. The fourth-order valence-corrected chi connectivity index (χ4v) is 1.66. The summed E-state index contributed by atoms with van der Waals surface area (Å²) in [6, 6.07) is 0.